The van der Waals surface area contributed by atoms with Gasteiger partial charge < -0.3 is 9.84 Å². The number of aromatic nitrogens is 1. The van der Waals surface area contributed by atoms with Crippen LogP contribution in [0, 0.1) is 13.8 Å². The van der Waals surface area contributed by atoms with E-state index in [0.717, 1.165) is 11.3 Å². The van der Waals surface area contributed by atoms with Gasteiger partial charge in [-0.15, -0.1) is 0 Å². The van der Waals surface area contributed by atoms with Crippen molar-refractivity contribution in [1.82, 2.24) is 5.16 Å². The van der Waals surface area contributed by atoms with Crippen molar-refractivity contribution in [2.75, 3.05) is 5.32 Å². The molecule has 0 aliphatic rings. The first-order valence-electron chi connectivity index (χ1n) is 4.98. The van der Waals surface area contributed by atoms with Crippen LogP contribution in [0.1, 0.15) is 21.8 Å². The van der Waals surface area contributed by atoms with Gasteiger partial charge >= 0.3 is 0 Å². The number of amides is 1. The molecule has 0 aliphatic heterocycles. The summed E-state index contributed by atoms with van der Waals surface area (Å²) in [5.41, 5.74) is 1.85. The molecule has 0 spiro atoms. The zero-order chi connectivity index (χ0) is 11.5. The zero-order valence-electron chi connectivity index (χ0n) is 9.15. The van der Waals surface area contributed by atoms with Gasteiger partial charge in [0.25, 0.3) is 5.91 Å². The molecule has 0 unspecified atom stereocenters. The van der Waals surface area contributed by atoms with E-state index in [0.29, 0.717) is 11.5 Å². The first-order chi connectivity index (χ1) is 7.68. The molecule has 2 rings (SSSR count). The molecule has 1 heterocycles. The fourth-order valence-corrected chi connectivity index (χ4v) is 1.34. The SMILES string of the molecule is Cc1onc(C(=O)Nc2ccccc2)c1C. The molecule has 0 radical (unpaired) electrons. The number of anilines is 1. The molecule has 0 saturated carbocycles. The lowest BCUT2D eigenvalue weighted by Gasteiger charge is -2.02. The molecule has 82 valence electrons. The largest absolute Gasteiger partial charge is 0.361 e. The topological polar surface area (TPSA) is 55.1 Å². The highest BCUT2D eigenvalue weighted by molar-refractivity contribution is 6.03. The van der Waals surface area contributed by atoms with Crippen LogP contribution in [0.4, 0.5) is 5.69 Å². The first-order valence-corrected chi connectivity index (χ1v) is 4.98. The van der Waals surface area contributed by atoms with E-state index in [4.69, 9.17) is 4.52 Å². The number of carbonyl (C=O) groups excluding carboxylic acids is 1. The van der Waals surface area contributed by atoms with E-state index in [9.17, 15) is 4.79 Å². The highest BCUT2D eigenvalue weighted by atomic mass is 16.5. The smallest absolute Gasteiger partial charge is 0.278 e. The number of nitrogens with zero attached hydrogens (tertiary/aromatic N) is 1. The monoisotopic (exact) mass is 216 g/mol. The molecule has 16 heavy (non-hydrogen) atoms. The third-order valence-electron chi connectivity index (χ3n) is 2.40. The van der Waals surface area contributed by atoms with Crippen molar-refractivity contribution in [2.45, 2.75) is 13.8 Å². The molecule has 0 aliphatic carbocycles. The number of hydrogen-bond donors (Lipinski definition) is 1. The molecule has 0 saturated heterocycles. The summed E-state index contributed by atoms with van der Waals surface area (Å²) in [6.45, 7) is 3.59. The lowest BCUT2D eigenvalue weighted by Crippen LogP contribution is -2.13. The van der Waals surface area contributed by atoms with Gasteiger partial charge in [0.05, 0.1) is 0 Å². The Balaban J connectivity index is 2.18. The van der Waals surface area contributed by atoms with E-state index in [1.165, 1.54) is 0 Å². The van der Waals surface area contributed by atoms with Crippen molar-refractivity contribution < 1.29 is 9.32 Å². The molecule has 1 amide bonds. The van der Waals surface area contributed by atoms with E-state index < -0.39 is 0 Å². The Bertz CT molecular complexity index is 503. The van der Waals surface area contributed by atoms with Crippen LogP contribution in [0.5, 0.6) is 0 Å². The maximum atomic E-state index is 11.8. The van der Waals surface area contributed by atoms with Crippen LogP contribution in [0.3, 0.4) is 0 Å². The van der Waals surface area contributed by atoms with Gasteiger partial charge in [0.15, 0.2) is 5.69 Å². The van der Waals surface area contributed by atoms with Crippen molar-refractivity contribution in [3.63, 3.8) is 0 Å². The van der Waals surface area contributed by atoms with E-state index in [-0.39, 0.29) is 5.91 Å². The predicted octanol–water partition coefficient (Wildman–Crippen LogP) is 2.54. The van der Waals surface area contributed by atoms with E-state index in [2.05, 4.69) is 10.5 Å². The Labute approximate surface area is 93.3 Å². The quantitative estimate of drug-likeness (QED) is 0.839. The molecule has 0 bridgehead atoms. The van der Waals surface area contributed by atoms with Crippen LogP contribution in [0.2, 0.25) is 0 Å². The Hall–Kier alpha value is -2.10. The standard InChI is InChI=1S/C12H12N2O2/c1-8-9(2)16-14-11(8)12(15)13-10-6-4-3-5-7-10/h3-7H,1-2H3,(H,13,15). The van der Waals surface area contributed by atoms with Crippen LogP contribution in [0.25, 0.3) is 0 Å². The van der Waals surface area contributed by atoms with Crippen LogP contribution < -0.4 is 5.32 Å². The van der Waals surface area contributed by atoms with Gasteiger partial charge in [-0.3, -0.25) is 4.79 Å². The summed E-state index contributed by atoms with van der Waals surface area (Å²) in [4.78, 5) is 11.8. The van der Waals surface area contributed by atoms with Crippen molar-refractivity contribution in [1.29, 1.82) is 0 Å². The molecule has 4 heteroatoms. The van der Waals surface area contributed by atoms with Gasteiger partial charge in [0, 0.05) is 11.3 Å². The number of hydrogen-bond acceptors (Lipinski definition) is 3. The highest BCUT2D eigenvalue weighted by Gasteiger charge is 2.16. The number of rotatable bonds is 2. The van der Waals surface area contributed by atoms with E-state index >= 15 is 0 Å². The second kappa shape index (κ2) is 4.18. The lowest BCUT2D eigenvalue weighted by atomic mass is 10.2. The van der Waals surface area contributed by atoms with Crippen LogP contribution >= 0.6 is 0 Å². The summed E-state index contributed by atoms with van der Waals surface area (Å²) in [7, 11) is 0. The van der Waals surface area contributed by atoms with Gasteiger partial charge in [-0.1, -0.05) is 23.4 Å². The minimum Gasteiger partial charge on any atom is -0.361 e. The zero-order valence-corrected chi connectivity index (χ0v) is 9.15. The average molecular weight is 216 g/mol. The first kappa shape index (κ1) is 10.4. The number of carbonyl (C=O) groups is 1. The van der Waals surface area contributed by atoms with Crippen molar-refractivity contribution in [2.24, 2.45) is 0 Å². The second-order valence-electron chi connectivity index (χ2n) is 3.53. The van der Waals surface area contributed by atoms with Crippen LogP contribution in [-0.4, -0.2) is 11.1 Å². The third-order valence-corrected chi connectivity index (χ3v) is 2.40. The maximum Gasteiger partial charge on any atom is 0.278 e. The van der Waals surface area contributed by atoms with Gasteiger partial charge in [-0.25, -0.2) is 0 Å². The number of para-hydroxylation sites is 1. The molecule has 1 N–H and O–H groups in total. The van der Waals surface area contributed by atoms with Crippen LogP contribution in [0.15, 0.2) is 34.9 Å². The van der Waals surface area contributed by atoms with Crippen molar-refractivity contribution >= 4 is 11.6 Å². The average Bonchev–Trinajstić information content (AvgIpc) is 2.61. The fourth-order valence-electron chi connectivity index (χ4n) is 1.34. The number of aryl methyl sites for hydroxylation is 1. The van der Waals surface area contributed by atoms with Gasteiger partial charge in [-0.2, -0.15) is 0 Å². The van der Waals surface area contributed by atoms with Crippen molar-refractivity contribution in [3.8, 4) is 0 Å². The minimum absolute atomic E-state index is 0.249. The summed E-state index contributed by atoms with van der Waals surface area (Å²) < 4.78 is 4.94. The summed E-state index contributed by atoms with van der Waals surface area (Å²) in [6.07, 6.45) is 0. The summed E-state index contributed by atoms with van der Waals surface area (Å²) in [5, 5.41) is 6.48. The highest BCUT2D eigenvalue weighted by Crippen LogP contribution is 2.13. The number of nitrogens with one attached hydrogen (secondary N) is 1. The predicted molar refractivity (Wildman–Crippen MR) is 60.4 cm³/mol. The molecule has 1 aromatic carbocycles. The Kier molecular flexibility index (Phi) is 2.72. The van der Waals surface area contributed by atoms with E-state index in [1.807, 2.05) is 37.3 Å². The Morgan fingerprint density at radius 1 is 1.25 bits per heavy atom. The van der Waals surface area contributed by atoms with Crippen molar-refractivity contribution in [3.05, 3.63) is 47.3 Å². The minimum atomic E-state index is -0.249. The van der Waals surface area contributed by atoms with Gasteiger partial charge in [0.2, 0.25) is 0 Å². The molecule has 0 fully saturated rings. The fraction of sp³-hybridized carbons (Fsp3) is 0.167. The van der Waals surface area contributed by atoms with E-state index in [1.54, 1.807) is 6.92 Å². The summed E-state index contributed by atoms with van der Waals surface area (Å²) in [5.74, 6) is 0.416. The lowest BCUT2D eigenvalue weighted by molar-refractivity contribution is 0.101. The third kappa shape index (κ3) is 1.95. The maximum absolute atomic E-state index is 11.8. The van der Waals surface area contributed by atoms with Gasteiger partial charge in [-0.05, 0) is 26.0 Å². The Morgan fingerprint density at radius 2 is 1.94 bits per heavy atom. The molecule has 4 nitrogen and oxygen atoms in total. The summed E-state index contributed by atoms with van der Waals surface area (Å²) in [6, 6.07) is 9.24. The second-order valence-corrected chi connectivity index (χ2v) is 3.53. The molecule has 2 aromatic rings. The normalized spacial score (nSPS) is 10.1. The molecule has 0 atom stereocenters. The molecular weight excluding hydrogens is 204 g/mol. The molecule has 1 aromatic heterocycles. The Morgan fingerprint density at radius 3 is 2.50 bits per heavy atom. The van der Waals surface area contributed by atoms with Crippen LogP contribution in [-0.2, 0) is 0 Å². The summed E-state index contributed by atoms with van der Waals surface area (Å²) >= 11 is 0. The van der Waals surface area contributed by atoms with Gasteiger partial charge in [0.1, 0.15) is 5.76 Å². The molecular formula is C12H12N2O2. The number of benzene rings is 1.